The van der Waals surface area contributed by atoms with Crippen LogP contribution in [0.1, 0.15) is 6.92 Å². The van der Waals surface area contributed by atoms with Crippen molar-refractivity contribution in [2.45, 2.75) is 6.92 Å². The van der Waals surface area contributed by atoms with Crippen molar-refractivity contribution in [1.29, 1.82) is 0 Å². The van der Waals surface area contributed by atoms with Gasteiger partial charge in [0.1, 0.15) is 0 Å². The van der Waals surface area contributed by atoms with Crippen LogP contribution in [0.3, 0.4) is 0 Å². The van der Waals surface area contributed by atoms with Crippen LogP contribution in [-0.4, -0.2) is 0 Å². The second kappa shape index (κ2) is 1.60. The van der Waals surface area contributed by atoms with Crippen molar-refractivity contribution in [2.75, 3.05) is 0 Å². The SMILES string of the molecule is [C-]#CC(=C)C. The Hall–Kier alpha value is -0.700. The molecule has 0 aromatic rings. The molecule has 0 radical (unpaired) electrons. The molecule has 0 saturated carbocycles. The van der Waals surface area contributed by atoms with Crippen LogP contribution in [0.25, 0.3) is 0 Å². The van der Waals surface area contributed by atoms with E-state index >= 15 is 0 Å². The molecule has 0 unspecified atom stereocenters. The maximum absolute atomic E-state index is 6.31. The monoisotopic (exact) mass is 65.0 g/mol. The summed E-state index contributed by atoms with van der Waals surface area (Å²) in [4.78, 5) is 0. The van der Waals surface area contributed by atoms with Crippen molar-refractivity contribution in [3.8, 4) is 5.92 Å². The highest BCUT2D eigenvalue weighted by Crippen LogP contribution is 1.75. The molecule has 0 aliphatic carbocycles. The molecule has 0 N–H and O–H groups in total. The van der Waals surface area contributed by atoms with E-state index in [-0.39, 0.29) is 0 Å². The van der Waals surface area contributed by atoms with Gasteiger partial charge in [0, 0.05) is 0 Å². The van der Waals surface area contributed by atoms with E-state index in [1.165, 1.54) is 0 Å². The van der Waals surface area contributed by atoms with Crippen LogP contribution >= 0.6 is 0 Å². The van der Waals surface area contributed by atoms with Crippen LogP contribution in [0, 0.1) is 12.3 Å². The lowest BCUT2D eigenvalue weighted by molar-refractivity contribution is 1.63. The number of hydrogen-bond acceptors (Lipinski definition) is 0. The molecule has 0 aromatic heterocycles. The Balaban J connectivity index is 3.35. The summed E-state index contributed by atoms with van der Waals surface area (Å²) in [7, 11) is 0. The molecular formula is C5H5-. The highest BCUT2D eigenvalue weighted by molar-refractivity contribution is 5.14. The first-order valence-corrected chi connectivity index (χ1v) is 1.35. The molecule has 0 amide bonds. The Morgan fingerprint density at radius 2 is 2.20 bits per heavy atom. The highest BCUT2D eigenvalue weighted by atomic mass is 13.6. The van der Waals surface area contributed by atoms with Gasteiger partial charge in [-0.25, -0.2) is 0 Å². The zero-order chi connectivity index (χ0) is 4.28. The number of rotatable bonds is 0. The first kappa shape index (κ1) is 4.30. The largest absolute Gasteiger partial charge is 0.366 e. The minimum absolute atomic E-state index is 0.671. The molecule has 0 spiro atoms. The van der Waals surface area contributed by atoms with E-state index in [1.54, 1.807) is 6.92 Å². The molecule has 0 saturated heterocycles. The maximum atomic E-state index is 6.31. The Morgan fingerprint density at radius 3 is 2.20 bits per heavy atom. The zero-order valence-electron chi connectivity index (χ0n) is 3.21. The second-order valence-electron chi connectivity index (χ2n) is 0.905. The smallest absolute Gasteiger partial charge is 0.100 e. The lowest BCUT2D eigenvalue weighted by atomic mass is 10.4. The third kappa shape index (κ3) is 3.30. The predicted molar refractivity (Wildman–Crippen MR) is 21.9 cm³/mol. The van der Waals surface area contributed by atoms with E-state index in [1.807, 2.05) is 0 Å². The first-order chi connectivity index (χ1) is 2.27. The van der Waals surface area contributed by atoms with Gasteiger partial charge < -0.3 is 6.42 Å². The summed E-state index contributed by atoms with van der Waals surface area (Å²) in [6, 6.07) is 0. The topological polar surface area (TPSA) is 0 Å². The predicted octanol–water partition coefficient (Wildman–Crippen LogP) is 1.15. The van der Waals surface area contributed by atoms with Crippen molar-refractivity contribution < 1.29 is 0 Å². The van der Waals surface area contributed by atoms with Crippen molar-refractivity contribution in [3.63, 3.8) is 0 Å². The average molecular weight is 65.1 g/mol. The fourth-order valence-electron chi connectivity index (χ4n) is 0. The van der Waals surface area contributed by atoms with Crippen molar-refractivity contribution in [1.82, 2.24) is 0 Å². The normalized spacial score (nSPS) is 5.60. The van der Waals surface area contributed by atoms with Crippen LogP contribution in [0.2, 0.25) is 0 Å². The van der Waals surface area contributed by atoms with E-state index in [4.69, 9.17) is 6.42 Å². The summed E-state index contributed by atoms with van der Waals surface area (Å²) >= 11 is 0. The molecule has 0 heteroatoms. The standard InChI is InChI=1S/C5H5/c1-4-5(2)3/h2H2,3H3/q-1. The molecule has 0 aliphatic rings. The summed E-state index contributed by atoms with van der Waals surface area (Å²) < 4.78 is 0. The van der Waals surface area contributed by atoms with Crippen LogP contribution in [0.5, 0.6) is 0 Å². The minimum atomic E-state index is 0.671. The fraction of sp³-hybridized carbons (Fsp3) is 0.200. The van der Waals surface area contributed by atoms with Gasteiger partial charge in [0.25, 0.3) is 0 Å². The summed E-state index contributed by atoms with van der Waals surface area (Å²) in [5, 5.41) is 0. The van der Waals surface area contributed by atoms with Crippen LogP contribution < -0.4 is 0 Å². The Morgan fingerprint density at radius 1 is 2.00 bits per heavy atom. The van der Waals surface area contributed by atoms with Gasteiger partial charge >= 0.3 is 0 Å². The van der Waals surface area contributed by atoms with Gasteiger partial charge in [0.2, 0.25) is 0 Å². The third-order valence-corrected chi connectivity index (χ3v) is 0.213. The minimum Gasteiger partial charge on any atom is -0.366 e. The van der Waals surface area contributed by atoms with Crippen molar-refractivity contribution in [3.05, 3.63) is 18.6 Å². The summed E-state index contributed by atoms with van der Waals surface area (Å²) in [5.74, 6) is 2.08. The van der Waals surface area contributed by atoms with Gasteiger partial charge in [0.15, 0.2) is 0 Å². The fourth-order valence-corrected chi connectivity index (χ4v) is 0. The lowest BCUT2D eigenvalue weighted by Gasteiger charge is -1.82. The summed E-state index contributed by atoms with van der Waals surface area (Å²) in [6.07, 6.45) is 6.31. The molecule has 0 aromatic carbocycles. The summed E-state index contributed by atoms with van der Waals surface area (Å²) in [5.41, 5.74) is 0.671. The molecule has 0 fully saturated rings. The summed E-state index contributed by atoms with van der Waals surface area (Å²) in [6.45, 7) is 5.10. The molecule has 0 heterocycles. The van der Waals surface area contributed by atoms with E-state index < -0.39 is 0 Å². The molecule has 0 bridgehead atoms. The van der Waals surface area contributed by atoms with E-state index in [0.29, 0.717) is 5.57 Å². The first-order valence-electron chi connectivity index (χ1n) is 1.35. The average Bonchev–Trinajstić information content (AvgIpc) is 1.38. The molecular weight excluding hydrogens is 60.1 g/mol. The van der Waals surface area contributed by atoms with Gasteiger partial charge in [-0.15, -0.1) is 6.92 Å². The van der Waals surface area contributed by atoms with Crippen LogP contribution in [0.4, 0.5) is 0 Å². The van der Waals surface area contributed by atoms with Crippen molar-refractivity contribution in [2.24, 2.45) is 0 Å². The van der Waals surface area contributed by atoms with Crippen molar-refractivity contribution >= 4 is 0 Å². The van der Waals surface area contributed by atoms with Gasteiger partial charge in [-0.05, 0) is 0 Å². The molecule has 26 valence electrons. The number of hydrogen-bond donors (Lipinski definition) is 0. The molecule has 0 atom stereocenters. The van der Waals surface area contributed by atoms with E-state index in [2.05, 4.69) is 12.5 Å². The van der Waals surface area contributed by atoms with E-state index in [0.717, 1.165) is 0 Å². The molecule has 0 nitrogen and oxygen atoms in total. The van der Waals surface area contributed by atoms with Gasteiger partial charge in [-0.1, -0.05) is 0 Å². The number of allylic oxidation sites excluding steroid dienone is 1. The zero-order valence-corrected chi connectivity index (χ0v) is 3.21. The molecule has 0 rings (SSSR count). The van der Waals surface area contributed by atoms with Gasteiger partial charge in [-0.2, -0.15) is 12.2 Å². The van der Waals surface area contributed by atoms with Crippen LogP contribution in [0.15, 0.2) is 12.2 Å². The third-order valence-electron chi connectivity index (χ3n) is 0.213. The molecule has 0 aliphatic heterocycles. The Labute approximate surface area is 32.5 Å². The second-order valence-corrected chi connectivity index (χ2v) is 0.905. The van der Waals surface area contributed by atoms with Gasteiger partial charge in [-0.3, -0.25) is 5.92 Å². The van der Waals surface area contributed by atoms with Gasteiger partial charge in [0.05, 0.1) is 0 Å². The highest BCUT2D eigenvalue weighted by Gasteiger charge is 1.44. The van der Waals surface area contributed by atoms with E-state index in [9.17, 15) is 0 Å². The maximum Gasteiger partial charge on any atom is -0.100 e. The molecule has 5 heavy (non-hydrogen) atoms. The quantitative estimate of drug-likeness (QED) is 0.293. The van der Waals surface area contributed by atoms with Crippen LogP contribution in [-0.2, 0) is 0 Å². The Kier molecular flexibility index (Phi) is 1.38. The lowest BCUT2D eigenvalue weighted by Crippen LogP contribution is -1.51. The Bertz CT molecular complexity index is 72.5.